The summed E-state index contributed by atoms with van der Waals surface area (Å²) in [6.07, 6.45) is 3.77. The molecule has 17 heavy (non-hydrogen) atoms. The van der Waals surface area contributed by atoms with Crippen molar-refractivity contribution < 1.29 is 0 Å². The van der Waals surface area contributed by atoms with Gasteiger partial charge in [-0.05, 0) is 39.7 Å². The van der Waals surface area contributed by atoms with Crippen molar-refractivity contribution in [3.8, 4) is 0 Å². The van der Waals surface area contributed by atoms with Gasteiger partial charge in [0.25, 0.3) is 0 Å². The lowest BCUT2D eigenvalue weighted by Crippen LogP contribution is -2.51. The Hall–Kier alpha value is -0.120. The summed E-state index contributed by atoms with van der Waals surface area (Å²) in [4.78, 5) is 5.08. The summed E-state index contributed by atoms with van der Waals surface area (Å²) < 4.78 is 0. The average molecular weight is 241 g/mol. The normalized spacial score (nSPS) is 27.0. The topological polar surface area (TPSA) is 32.5 Å². The Bertz CT molecular complexity index is 206. The predicted octanol–water partition coefficient (Wildman–Crippen LogP) is 1.78. The van der Waals surface area contributed by atoms with Gasteiger partial charge in [0.2, 0.25) is 0 Å². The summed E-state index contributed by atoms with van der Waals surface area (Å²) in [5.41, 5.74) is 5.78. The standard InChI is InChI=1S/C14H31N3/c1-12(6-5-7-13(2)15)10-17-9-8-16(4)11-14(17)3/h12-14H,5-11,15H2,1-4H3. The molecule has 0 amide bonds. The van der Waals surface area contributed by atoms with E-state index in [2.05, 4.69) is 37.6 Å². The first-order valence-electron chi connectivity index (χ1n) is 7.17. The number of nitrogens with two attached hydrogens (primary N) is 1. The number of hydrogen-bond acceptors (Lipinski definition) is 3. The number of hydrogen-bond donors (Lipinski definition) is 1. The quantitative estimate of drug-likeness (QED) is 0.769. The van der Waals surface area contributed by atoms with Crippen LogP contribution in [0, 0.1) is 5.92 Å². The highest BCUT2D eigenvalue weighted by molar-refractivity contribution is 4.78. The van der Waals surface area contributed by atoms with Crippen molar-refractivity contribution in [1.29, 1.82) is 0 Å². The van der Waals surface area contributed by atoms with Crippen LogP contribution in [0.15, 0.2) is 0 Å². The predicted molar refractivity (Wildman–Crippen MR) is 75.2 cm³/mol. The second kappa shape index (κ2) is 7.34. The number of piperazine rings is 1. The highest BCUT2D eigenvalue weighted by Crippen LogP contribution is 2.15. The van der Waals surface area contributed by atoms with Gasteiger partial charge in [-0.1, -0.05) is 13.3 Å². The van der Waals surface area contributed by atoms with E-state index in [9.17, 15) is 0 Å². The molecule has 3 atom stereocenters. The van der Waals surface area contributed by atoms with Gasteiger partial charge in [0, 0.05) is 38.3 Å². The Morgan fingerprint density at radius 1 is 1.24 bits per heavy atom. The highest BCUT2D eigenvalue weighted by Gasteiger charge is 2.22. The first-order valence-corrected chi connectivity index (χ1v) is 7.17. The summed E-state index contributed by atoms with van der Waals surface area (Å²) in [5, 5.41) is 0. The molecule has 3 unspecified atom stereocenters. The summed E-state index contributed by atoms with van der Waals surface area (Å²) in [5.74, 6) is 0.805. The zero-order valence-corrected chi connectivity index (χ0v) is 12.2. The van der Waals surface area contributed by atoms with Crippen molar-refractivity contribution >= 4 is 0 Å². The minimum atomic E-state index is 0.366. The molecular formula is C14H31N3. The molecule has 1 aliphatic rings. The molecule has 102 valence electrons. The van der Waals surface area contributed by atoms with E-state index >= 15 is 0 Å². The van der Waals surface area contributed by atoms with Crippen LogP contribution in [0.25, 0.3) is 0 Å². The third-order valence-corrected chi connectivity index (χ3v) is 3.87. The Morgan fingerprint density at radius 2 is 1.94 bits per heavy atom. The summed E-state index contributed by atoms with van der Waals surface area (Å²) >= 11 is 0. The van der Waals surface area contributed by atoms with E-state index in [1.165, 1.54) is 45.4 Å². The van der Waals surface area contributed by atoms with Crippen LogP contribution in [0.5, 0.6) is 0 Å². The lowest BCUT2D eigenvalue weighted by Gasteiger charge is -2.39. The highest BCUT2D eigenvalue weighted by atomic mass is 15.3. The molecule has 1 aliphatic heterocycles. The van der Waals surface area contributed by atoms with Crippen molar-refractivity contribution in [3.63, 3.8) is 0 Å². The summed E-state index contributed by atoms with van der Waals surface area (Å²) in [6.45, 7) is 11.8. The molecule has 0 aromatic carbocycles. The molecule has 0 saturated carbocycles. The van der Waals surface area contributed by atoms with Crippen LogP contribution in [-0.4, -0.2) is 55.1 Å². The molecule has 0 spiro atoms. The molecule has 1 saturated heterocycles. The maximum Gasteiger partial charge on any atom is 0.0195 e. The van der Waals surface area contributed by atoms with Crippen LogP contribution in [0.3, 0.4) is 0 Å². The van der Waals surface area contributed by atoms with Gasteiger partial charge in [-0.2, -0.15) is 0 Å². The lowest BCUT2D eigenvalue weighted by molar-refractivity contribution is 0.0855. The molecule has 0 radical (unpaired) electrons. The van der Waals surface area contributed by atoms with Gasteiger partial charge in [0.15, 0.2) is 0 Å². The van der Waals surface area contributed by atoms with Gasteiger partial charge in [-0.3, -0.25) is 4.90 Å². The van der Waals surface area contributed by atoms with Crippen molar-refractivity contribution in [2.45, 2.75) is 52.1 Å². The van der Waals surface area contributed by atoms with Crippen LogP contribution >= 0.6 is 0 Å². The van der Waals surface area contributed by atoms with Gasteiger partial charge in [-0.25, -0.2) is 0 Å². The van der Waals surface area contributed by atoms with Crippen molar-refractivity contribution in [1.82, 2.24) is 9.80 Å². The maximum atomic E-state index is 5.78. The SMILES string of the molecule is CC(N)CCCC(C)CN1CCN(C)CC1C. The van der Waals surface area contributed by atoms with E-state index < -0.39 is 0 Å². The van der Waals surface area contributed by atoms with Crippen LogP contribution in [0.4, 0.5) is 0 Å². The smallest absolute Gasteiger partial charge is 0.0195 e. The van der Waals surface area contributed by atoms with Gasteiger partial charge in [0.1, 0.15) is 0 Å². The molecular weight excluding hydrogens is 210 g/mol. The zero-order valence-electron chi connectivity index (χ0n) is 12.2. The first kappa shape index (κ1) is 14.9. The molecule has 2 N–H and O–H groups in total. The fourth-order valence-electron chi connectivity index (χ4n) is 2.73. The Morgan fingerprint density at radius 3 is 2.53 bits per heavy atom. The third kappa shape index (κ3) is 5.84. The third-order valence-electron chi connectivity index (χ3n) is 3.87. The van der Waals surface area contributed by atoms with Crippen LogP contribution in [0.2, 0.25) is 0 Å². The van der Waals surface area contributed by atoms with Crippen molar-refractivity contribution in [3.05, 3.63) is 0 Å². The first-order chi connectivity index (χ1) is 7.99. The molecule has 1 fully saturated rings. The Balaban J connectivity index is 2.19. The zero-order chi connectivity index (χ0) is 12.8. The molecule has 0 aromatic rings. The summed E-state index contributed by atoms with van der Waals surface area (Å²) in [6, 6.07) is 1.08. The monoisotopic (exact) mass is 241 g/mol. The minimum absolute atomic E-state index is 0.366. The van der Waals surface area contributed by atoms with Gasteiger partial charge < -0.3 is 10.6 Å². The molecule has 0 aromatic heterocycles. The molecule has 0 aliphatic carbocycles. The van der Waals surface area contributed by atoms with E-state index in [-0.39, 0.29) is 0 Å². The van der Waals surface area contributed by atoms with E-state index in [4.69, 9.17) is 5.73 Å². The molecule has 1 heterocycles. The Labute approximate surface area is 107 Å². The largest absolute Gasteiger partial charge is 0.328 e. The minimum Gasteiger partial charge on any atom is -0.328 e. The fraction of sp³-hybridized carbons (Fsp3) is 1.00. The van der Waals surface area contributed by atoms with Gasteiger partial charge in [0.05, 0.1) is 0 Å². The van der Waals surface area contributed by atoms with Crippen LogP contribution in [-0.2, 0) is 0 Å². The average Bonchev–Trinajstić information content (AvgIpc) is 2.21. The van der Waals surface area contributed by atoms with Crippen LogP contribution in [0.1, 0.15) is 40.0 Å². The van der Waals surface area contributed by atoms with E-state index in [1.807, 2.05) is 0 Å². The fourth-order valence-corrected chi connectivity index (χ4v) is 2.73. The molecule has 0 bridgehead atoms. The van der Waals surface area contributed by atoms with E-state index in [1.54, 1.807) is 0 Å². The van der Waals surface area contributed by atoms with Crippen molar-refractivity contribution in [2.75, 3.05) is 33.2 Å². The second-order valence-corrected chi connectivity index (χ2v) is 6.12. The van der Waals surface area contributed by atoms with E-state index in [0.29, 0.717) is 12.1 Å². The van der Waals surface area contributed by atoms with Gasteiger partial charge >= 0.3 is 0 Å². The lowest BCUT2D eigenvalue weighted by atomic mass is 10.0. The number of nitrogens with zero attached hydrogens (tertiary/aromatic N) is 2. The molecule has 1 rings (SSSR count). The van der Waals surface area contributed by atoms with Gasteiger partial charge in [-0.15, -0.1) is 0 Å². The molecule has 3 nitrogen and oxygen atoms in total. The Kier molecular flexibility index (Phi) is 6.45. The van der Waals surface area contributed by atoms with Crippen molar-refractivity contribution in [2.24, 2.45) is 11.7 Å². The maximum absolute atomic E-state index is 5.78. The second-order valence-electron chi connectivity index (χ2n) is 6.12. The number of likely N-dealkylation sites (N-methyl/N-ethyl adjacent to an activating group) is 1. The van der Waals surface area contributed by atoms with E-state index in [0.717, 1.165) is 5.92 Å². The number of rotatable bonds is 6. The van der Waals surface area contributed by atoms with Crippen LogP contribution < -0.4 is 5.73 Å². The summed E-state index contributed by atoms with van der Waals surface area (Å²) in [7, 11) is 2.22. The molecule has 3 heteroatoms.